The van der Waals surface area contributed by atoms with E-state index in [-0.39, 0.29) is 43.9 Å². The van der Waals surface area contributed by atoms with E-state index in [4.69, 9.17) is 27.7 Å². The minimum atomic E-state index is -1.43. The first-order valence-electron chi connectivity index (χ1n) is 16.4. The number of carbonyl (C=O) groups is 6. The number of esters is 1. The maximum atomic E-state index is 13.6. The Morgan fingerprint density at radius 2 is 1.38 bits per heavy atom. The highest BCUT2D eigenvalue weighted by atomic mass is 16.5. The summed E-state index contributed by atoms with van der Waals surface area (Å²) in [6, 6.07) is 0.0514. The Morgan fingerprint density at radius 1 is 0.800 bits per heavy atom. The second-order valence-corrected chi connectivity index (χ2v) is 12.1. The fourth-order valence-corrected chi connectivity index (χ4v) is 4.75. The molecule has 0 saturated heterocycles. The van der Waals surface area contributed by atoms with E-state index >= 15 is 0 Å². The predicted molar refractivity (Wildman–Crippen MR) is 184 cm³/mol. The number of ether oxygens (including phenoxy) is 1. The lowest BCUT2D eigenvalue weighted by Gasteiger charge is -2.28. The molecule has 0 heterocycles. The van der Waals surface area contributed by atoms with Crippen LogP contribution >= 0.6 is 0 Å². The standard InChI is InChI=1S/C32H53N9O9/c1-18(2)26(30(48)40-24(31(49)50-3)17-19-9-11-20(42)12-10-19)41-29(47)23(13-14-25(43)44)39-28(46)22(8-6-16-37-32(35)36)38-27(45)21(34)7-4-5-15-33/h9-12,18,21-24,26,42H,4-8,13-17,33-34H2,1-3H3,(H,38,45)(H,39,46)(H,40,48)(H,41,47)(H,43,44)(H4,35,36,37). The van der Waals surface area contributed by atoms with Gasteiger partial charge in [-0.05, 0) is 62.3 Å². The van der Waals surface area contributed by atoms with Gasteiger partial charge in [-0.3, -0.25) is 29.0 Å². The Bertz CT molecular complexity index is 1300. The number of aliphatic imine (C=N–C) groups is 1. The lowest BCUT2D eigenvalue weighted by molar-refractivity contribution is -0.145. The van der Waals surface area contributed by atoms with Crippen LogP contribution in [0.2, 0.25) is 0 Å². The molecule has 5 atom stereocenters. The third-order valence-corrected chi connectivity index (χ3v) is 7.59. The second kappa shape index (κ2) is 22.6. The number of benzene rings is 1. The van der Waals surface area contributed by atoms with Gasteiger partial charge < -0.3 is 59.2 Å². The molecule has 1 aromatic carbocycles. The van der Waals surface area contributed by atoms with Crippen LogP contribution in [0.3, 0.4) is 0 Å². The van der Waals surface area contributed by atoms with Gasteiger partial charge in [-0.25, -0.2) is 4.79 Å². The summed E-state index contributed by atoms with van der Waals surface area (Å²) in [6.07, 6.45) is 1.02. The zero-order chi connectivity index (χ0) is 37.8. The molecule has 0 saturated carbocycles. The van der Waals surface area contributed by atoms with Gasteiger partial charge in [-0.1, -0.05) is 32.4 Å². The summed E-state index contributed by atoms with van der Waals surface area (Å²) in [6.45, 7) is 3.84. The summed E-state index contributed by atoms with van der Waals surface area (Å²) >= 11 is 0. The number of phenols is 1. The summed E-state index contributed by atoms with van der Waals surface area (Å²) in [7, 11) is 1.15. The molecule has 280 valence electrons. The topological polar surface area (TPSA) is 317 Å². The van der Waals surface area contributed by atoms with Gasteiger partial charge in [0, 0.05) is 19.4 Å². The first kappa shape index (κ1) is 43.1. The number of nitrogens with zero attached hydrogens (tertiary/aromatic N) is 1. The molecule has 14 N–H and O–H groups in total. The fraction of sp³-hybridized carbons (Fsp3) is 0.594. The molecule has 0 radical (unpaired) electrons. The molecule has 0 aliphatic heterocycles. The van der Waals surface area contributed by atoms with Crippen molar-refractivity contribution in [2.75, 3.05) is 20.2 Å². The average Bonchev–Trinajstić information content (AvgIpc) is 3.06. The summed E-state index contributed by atoms with van der Waals surface area (Å²) < 4.78 is 4.85. The van der Waals surface area contributed by atoms with E-state index in [0.717, 1.165) is 7.11 Å². The van der Waals surface area contributed by atoms with Crippen LogP contribution in [0, 0.1) is 5.92 Å². The van der Waals surface area contributed by atoms with Crippen molar-refractivity contribution >= 4 is 41.5 Å². The number of aliphatic carboxylic acids is 1. The van der Waals surface area contributed by atoms with E-state index in [9.17, 15) is 39.0 Å². The summed E-state index contributed by atoms with van der Waals surface area (Å²) in [5, 5.41) is 29.2. The molecule has 18 heteroatoms. The maximum Gasteiger partial charge on any atom is 0.328 e. The van der Waals surface area contributed by atoms with Gasteiger partial charge in [0.25, 0.3) is 0 Å². The van der Waals surface area contributed by atoms with E-state index < -0.39 is 78.1 Å². The Kier molecular flexibility index (Phi) is 19.5. The second-order valence-electron chi connectivity index (χ2n) is 12.1. The van der Waals surface area contributed by atoms with Crippen LogP contribution in [0.4, 0.5) is 0 Å². The normalized spacial score (nSPS) is 13.9. The van der Waals surface area contributed by atoms with Gasteiger partial charge in [0.15, 0.2) is 5.96 Å². The van der Waals surface area contributed by atoms with Crippen LogP contribution in [0.15, 0.2) is 29.3 Å². The van der Waals surface area contributed by atoms with Crippen LogP contribution in [0.5, 0.6) is 5.75 Å². The van der Waals surface area contributed by atoms with Crippen molar-refractivity contribution in [2.24, 2.45) is 33.8 Å². The summed E-state index contributed by atoms with van der Waals surface area (Å²) in [5.74, 6) is -5.68. The molecule has 0 spiro atoms. The molecular weight excluding hydrogens is 654 g/mol. The molecule has 0 bridgehead atoms. The van der Waals surface area contributed by atoms with Gasteiger partial charge in [0.1, 0.15) is 29.9 Å². The molecule has 18 nitrogen and oxygen atoms in total. The van der Waals surface area contributed by atoms with Gasteiger partial charge in [0.2, 0.25) is 23.6 Å². The lowest BCUT2D eigenvalue weighted by Crippen LogP contribution is -2.59. The number of aromatic hydroxyl groups is 1. The highest BCUT2D eigenvalue weighted by Crippen LogP contribution is 2.13. The largest absolute Gasteiger partial charge is 0.508 e. The SMILES string of the molecule is COC(=O)C(Cc1ccc(O)cc1)NC(=O)C(NC(=O)C(CCC(=O)O)NC(=O)C(CCCN=C(N)N)NC(=O)C(N)CCCCN)C(C)C. The number of carbonyl (C=O) groups excluding carboxylic acids is 5. The Balaban J connectivity index is 3.20. The fourth-order valence-electron chi connectivity index (χ4n) is 4.75. The molecule has 50 heavy (non-hydrogen) atoms. The first-order valence-corrected chi connectivity index (χ1v) is 16.4. The van der Waals surface area contributed by atoms with Gasteiger partial charge in [-0.15, -0.1) is 0 Å². The zero-order valence-corrected chi connectivity index (χ0v) is 28.9. The van der Waals surface area contributed by atoms with Crippen LogP contribution in [0.25, 0.3) is 0 Å². The number of methoxy groups -OCH3 is 1. The number of carboxylic acids is 1. The maximum absolute atomic E-state index is 13.6. The third kappa shape index (κ3) is 16.4. The number of phenolic OH excluding ortho intramolecular Hbond substituents is 1. The minimum Gasteiger partial charge on any atom is -0.508 e. The van der Waals surface area contributed by atoms with Crippen LogP contribution in [0.1, 0.15) is 64.4 Å². The number of hydrogen-bond acceptors (Lipinski definition) is 11. The van der Waals surface area contributed by atoms with E-state index in [1.165, 1.54) is 12.1 Å². The quantitative estimate of drug-likeness (QED) is 0.0257. The smallest absolute Gasteiger partial charge is 0.328 e. The lowest BCUT2D eigenvalue weighted by atomic mass is 10.00. The highest BCUT2D eigenvalue weighted by Gasteiger charge is 2.33. The van der Waals surface area contributed by atoms with Crippen molar-refractivity contribution in [2.45, 2.75) is 95.4 Å². The van der Waals surface area contributed by atoms with E-state index in [2.05, 4.69) is 26.3 Å². The van der Waals surface area contributed by atoms with Crippen molar-refractivity contribution < 1.29 is 43.7 Å². The van der Waals surface area contributed by atoms with Crippen LogP contribution in [-0.4, -0.2) is 102 Å². The average molecular weight is 708 g/mol. The number of rotatable bonds is 23. The highest BCUT2D eigenvalue weighted by molar-refractivity contribution is 5.95. The molecule has 1 aromatic rings. The third-order valence-electron chi connectivity index (χ3n) is 7.59. The molecule has 0 aliphatic carbocycles. The Morgan fingerprint density at radius 3 is 1.94 bits per heavy atom. The predicted octanol–water partition coefficient (Wildman–Crippen LogP) is -1.92. The first-order chi connectivity index (χ1) is 23.6. The number of unbranched alkanes of at least 4 members (excludes halogenated alkanes) is 1. The molecule has 0 aromatic heterocycles. The van der Waals surface area contributed by atoms with Crippen LogP contribution in [-0.2, 0) is 39.9 Å². The van der Waals surface area contributed by atoms with E-state index in [0.29, 0.717) is 31.4 Å². The number of hydrogen-bond donors (Lipinski definition) is 10. The monoisotopic (exact) mass is 707 g/mol. The van der Waals surface area contributed by atoms with Gasteiger partial charge in [0.05, 0.1) is 13.2 Å². The van der Waals surface area contributed by atoms with Crippen LogP contribution < -0.4 is 44.2 Å². The summed E-state index contributed by atoms with van der Waals surface area (Å²) in [5.41, 5.74) is 22.9. The Labute approximate surface area is 291 Å². The number of nitrogens with one attached hydrogen (secondary N) is 4. The number of nitrogens with two attached hydrogens (primary N) is 4. The van der Waals surface area contributed by atoms with E-state index in [1.807, 2.05) is 0 Å². The molecule has 5 unspecified atom stereocenters. The number of carboxylic acid groups (broad SMARTS) is 1. The van der Waals surface area contributed by atoms with Crippen molar-refractivity contribution in [3.63, 3.8) is 0 Å². The van der Waals surface area contributed by atoms with Crippen molar-refractivity contribution in [3.05, 3.63) is 29.8 Å². The minimum absolute atomic E-state index is 0.0149. The van der Waals surface area contributed by atoms with Gasteiger partial charge >= 0.3 is 11.9 Å². The molecule has 4 amide bonds. The number of amides is 4. The zero-order valence-electron chi connectivity index (χ0n) is 28.9. The van der Waals surface area contributed by atoms with Gasteiger partial charge in [-0.2, -0.15) is 0 Å². The molecule has 0 fully saturated rings. The van der Waals surface area contributed by atoms with Crippen molar-refractivity contribution in [1.29, 1.82) is 0 Å². The molecule has 1 rings (SSSR count). The van der Waals surface area contributed by atoms with Crippen molar-refractivity contribution in [3.8, 4) is 5.75 Å². The number of guanidine groups is 1. The molecular formula is C32H53N9O9. The van der Waals surface area contributed by atoms with Crippen molar-refractivity contribution in [1.82, 2.24) is 21.3 Å². The Hall–Kier alpha value is -4.97. The van der Waals surface area contributed by atoms with E-state index in [1.54, 1.807) is 26.0 Å². The molecule has 0 aliphatic rings. The summed E-state index contributed by atoms with van der Waals surface area (Å²) in [4.78, 5) is 81.2.